The Bertz CT molecular complexity index is 1020. The van der Waals surface area contributed by atoms with Crippen LogP contribution in [0.3, 0.4) is 0 Å². The molecule has 0 amide bonds. The smallest absolute Gasteiger partial charge is 0.370 e. The monoisotopic (exact) mass is 418 g/mol. The maximum Gasteiger partial charge on any atom is 0.433 e. The van der Waals surface area contributed by atoms with E-state index in [9.17, 15) is 13.2 Å². The number of halogens is 3. The highest BCUT2D eigenvalue weighted by molar-refractivity contribution is 7.13. The van der Waals surface area contributed by atoms with E-state index in [1.807, 2.05) is 4.90 Å². The van der Waals surface area contributed by atoms with Crippen LogP contribution in [-0.2, 0) is 6.18 Å². The number of hydrogen-bond acceptors (Lipinski definition) is 7. The standard InChI is InChI=1S/C19H17F3N6S/c20-19(21,22)16-5-13(1-3-25-16)28-10-18(11-28)2-4-27(9-18)17-8-23-6-14(26-17)15-7-24-12-29-15/h1,3,5-8,12H,2,4,9-11H2. The van der Waals surface area contributed by atoms with Crippen LogP contribution in [0.15, 0.2) is 42.4 Å². The highest BCUT2D eigenvalue weighted by Gasteiger charge is 2.48. The molecule has 5 rings (SSSR count). The third-order valence-electron chi connectivity index (χ3n) is 5.52. The van der Waals surface area contributed by atoms with Gasteiger partial charge in [-0.05, 0) is 18.6 Å². The molecule has 0 bridgehead atoms. The Hall–Kier alpha value is -2.75. The van der Waals surface area contributed by atoms with Gasteiger partial charge in [0.05, 0.1) is 22.8 Å². The first-order valence-electron chi connectivity index (χ1n) is 9.16. The Morgan fingerprint density at radius 2 is 1.86 bits per heavy atom. The lowest BCUT2D eigenvalue weighted by molar-refractivity contribution is -0.141. The van der Waals surface area contributed by atoms with E-state index in [2.05, 4.69) is 19.9 Å². The van der Waals surface area contributed by atoms with Gasteiger partial charge in [-0.15, -0.1) is 11.3 Å². The van der Waals surface area contributed by atoms with E-state index in [-0.39, 0.29) is 5.41 Å². The first-order chi connectivity index (χ1) is 13.9. The SMILES string of the molecule is FC(F)(F)c1cc(N2CC3(CCN(c4cncc(-c5cncs5)n4)C3)C2)ccn1. The molecule has 6 nitrogen and oxygen atoms in total. The zero-order valence-corrected chi connectivity index (χ0v) is 16.1. The predicted molar refractivity (Wildman–Crippen MR) is 104 cm³/mol. The summed E-state index contributed by atoms with van der Waals surface area (Å²) < 4.78 is 38.8. The van der Waals surface area contributed by atoms with Gasteiger partial charge in [-0.25, -0.2) is 4.98 Å². The summed E-state index contributed by atoms with van der Waals surface area (Å²) in [5, 5.41) is 0. The number of alkyl halides is 3. The van der Waals surface area contributed by atoms with Gasteiger partial charge < -0.3 is 9.80 Å². The molecule has 0 aromatic carbocycles. The predicted octanol–water partition coefficient (Wildman–Crippen LogP) is 3.73. The Kier molecular flexibility index (Phi) is 4.19. The average molecular weight is 418 g/mol. The summed E-state index contributed by atoms with van der Waals surface area (Å²) in [4.78, 5) is 21.7. The van der Waals surface area contributed by atoms with Crippen molar-refractivity contribution in [2.75, 3.05) is 36.0 Å². The summed E-state index contributed by atoms with van der Waals surface area (Å²) in [6.07, 6.45) is 3.05. The number of pyridine rings is 1. The van der Waals surface area contributed by atoms with Crippen LogP contribution < -0.4 is 9.80 Å². The maximum atomic E-state index is 12.9. The van der Waals surface area contributed by atoms with Crippen LogP contribution >= 0.6 is 11.3 Å². The molecule has 1 spiro atoms. The van der Waals surface area contributed by atoms with Gasteiger partial charge in [0.15, 0.2) is 0 Å². The highest BCUT2D eigenvalue weighted by atomic mass is 32.1. The minimum atomic E-state index is -4.43. The Morgan fingerprint density at radius 3 is 2.62 bits per heavy atom. The van der Waals surface area contributed by atoms with Gasteiger partial charge in [-0.3, -0.25) is 15.0 Å². The van der Waals surface area contributed by atoms with Gasteiger partial charge in [0, 0.05) is 49.7 Å². The van der Waals surface area contributed by atoms with Gasteiger partial charge in [-0.1, -0.05) is 0 Å². The van der Waals surface area contributed by atoms with Crippen molar-refractivity contribution >= 4 is 22.8 Å². The van der Waals surface area contributed by atoms with Crippen LogP contribution in [0.5, 0.6) is 0 Å². The fourth-order valence-corrected chi connectivity index (χ4v) is 4.65. The topological polar surface area (TPSA) is 58.0 Å². The number of aromatic nitrogens is 4. The van der Waals surface area contributed by atoms with Crippen molar-refractivity contribution < 1.29 is 13.2 Å². The Balaban J connectivity index is 1.28. The number of anilines is 2. The third-order valence-corrected chi connectivity index (χ3v) is 6.32. The zero-order valence-electron chi connectivity index (χ0n) is 15.3. The second-order valence-corrected chi connectivity index (χ2v) is 8.44. The summed E-state index contributed by atoms with van der Waals surface area (Å²) in [6.45, 7) is 3.14. The summed E-state index contributed by atoms with van der Waals surface area (Å²) in [6, 6.07) is 2.77. The van der Waals surface area contributed by atoms with E-state index in [0.29, 0.717) is 5.69 Å². The summed E-state index contributed by atoms with van der Waals surface area (Å²) in [5.74, 6) is 0.828. The van der Waals surface area contributed by atoms with Crippen molar-refractivity contribution in [1.29, 1.82) is 0 Å². The molecule has 0 N–H and O–H groups in total. The largest absolute Gasteiger partial charge is 0.433 e. The van der Waals surface area contributed by atoms with Crippen molar-refractivity contribution in [3.63, 3.8) is 0 Å². The Labute approximate surface area is 169 Å². The quantitative estimate of drug-likeness (QED) is 0.646. The van der Waals surface area contributed by atoms with Crippen molar-refractivity contribution in [2.24, 2.45) is 5.41 Å². The minimum absolute atomic E-state index is 0.0733. The van der Waals surface area contributed by atoms with E-state index in [0.717, 1.165) is 55.1 Å². The molecule has 150 valence electrons. The molecule has 0 unspecified atom stereocenters. The zero-order chi connectivity index (χ0) is 20.1. The van der Waals surface area contributed by atoms with E-state index < -0.39 is 11.9 Å². The molecule has 2 saturated heterocycles. The second kappa shape index (κ2) is 6.65. The van der Waals surface area contributed by atoms with Gasteiger partial charge in [0.2, 0.25) is 0 Å². The number of thiazole rings is 1. The molecule has 2 fully saturated rings. The molecule has 2 aliphatic rings. The molecule has 2 aliphatic heterocycles. The molecule has 3 aromatic heterocycles. The van der Waals surface area contributed by atoms with Gasteiger partial charge >= 0.3 is 6.18 Å². The number of rotatable bonds is 3. The third kappa shape index (κ3) is 3.41. The van der Waals surface area contributed by atoms with E-state index in [1.165, 1.54) is 17.5 Å². The molecular formula is C19H17F3N6S. The first-order valence-corrected chi connectivity index (χ1v) is 10.0. The molecular weight excluding hydrogens is 401 g/mol. The highest BCUT2D eigenvalue weighted by Crippen LogP contribution is 2.43. The van der Waals surface area contributed by atoms with Gasteiger partial charge in [0.25, 0.3) is 0 Å². The van der Waals surface area contributed by atoms with E-state index in [1.54, 1.807) is 30.2 Å². The summed E-state index contributed by atoms with van der Waals surface area (Å²) >= 11 is 1.52. The van der Waals surface area contributed by atoms with Crippen LogP contribution in [0, 0.1) is 5.41 Å². The molecule has 10 heteroatoms. The lowest BCUT2D eigenvalue weighted by Crippen LogP contribution is -2.57. The van der Waals surface area contributed by atoms with Crippen molar-refractivity contribution in [3.8, 4) is 10.6 Å². The first kappa shape index (κ1) is 18.3. The number of nitrogens with zero attached hydrogens (tertiary/aromatic N) is 6. The van der Waals surface area contributed by atoms with Crippen LogP contribution in [0.25, 0.3) is 10.6 Å². The lowest BCUT2D eigenvalue weighted by Gasteiger charge is -2.49. The fourth-order valence-electron chi connectivity index (χ4n) is 4.07. The molecule has 0 aliphatic carbocycles. The van der Waals surface area contributed by atoms with E-state index in [4.69, 9.17) is 4.98 Å². The van der Waals surface area contributed by atoms with Crippen molar-refractivity contribution in [2.45, 2.75) is 12.6 Å². The molecule has 3 aromatic rings. The minimum Gasteiger partial charge on any atom is -0.370 e. The lowest BCUT2D eigenvalue weighted by atomic mass is 9.79. The average Bonchev–Trinajstić information content (AvgIpc) is 3.37. The second-order valence-electron chi connectivity index (χ2n) is 7.55. The summed E-state index contributed by atoms with van der Waals surface area (Å²) in [5.41, 5.74) is 2.37. The van der Waals surface area contributed by atoms with Crippen molar-refractivity contribution in [3.05, 3.63) is 48.1 Å². The molecule has 0 saturated carbocycles. The Morgan fingerprint density at radius 1 is 1.03 bits per heavy atom. The normalized spacial score (nSPS) is 18.3. The molecule has 0 atom stereocenters. The fraction of sp³-hybridized carbons (Fsp3) is 0.368. The van der Waals surface area contributed by atoms with E-state index >= 15 is 0 Å². The van der Waals surface area contributed by atoms with Crippen LogP contribution in [0.1, 0.15) is 12.1 Å². The molecule has 29 heavy (non-hydrogen) atoms. The summed E-state index contributed by atoms with van der Waals surface area (Å²) in [7, 11) is 0. The van der Waals surface area contributed by atoms with Gasteiger partial charge in [-0.2, -0.15) is 13.2 Å². The maximum absolute atomic E-state index is 12.9. The van der Waals surface area contributed by atoms with Gasteiger partial charge in [0.1, 0.15) is 17.2 Å². The van der Waals surface area contributed by atoms with Crippen LogP contribution in [-0.4, -0.2) is 46.1 Å². The molecule has 0 radical (unpaired) electrons. The van der Waals surface area contributed by atoms with Crippen molar-refractivity contribution in [1.82, 2.24) is 19.9 Å². The molecule has 5 heterocycles. The van der Waals surface area contributed by atoms with Crippen LogP contribution in [0.4, 0.5) is 24.7 Å². The van der Waals surface area contributed by atoms with Crippen LogP contribution in [0.2, 0.25) is 0 Å². The number of hydrogen-bond donors (Lipinski definition) is 0.